The second kappa shape index (κ2) is 5.74. The van der Waals surface area contributed by atoms with Gasteiger partial charge >= 0.3 is 0 Å². The summed E-state index contributed by atoms with van der Waals surface area (Å²) in [6.45, 7) is 7.16. The molecule has 0 heterocycles. The van der Waals surface area contributed by atoms with Gasteiger partial charge in [-0.1, -0.05) is 38.4 Å². The largest absolute Gasteiger partial charge is 0.295 e. The van der Waals surface area contributed by atoms with Crippen molar-refractivity contribution >= 4 is 5.78 Å². The van der Waals surface area contributed by atoms with E-state index in [2.05, 4.69) is 36.9 Å². The predicted molar refractivity (Wildman–Crippen MR) is 98.5 cm³/mol. The third kappa shape index (κ3) is 2.26. The zero-order valence-corrected chi connectivity index (χ0v) is 15.7. The molecule has 0 aromatic carbocycles. The van der Waals surface area contributed by atoms with E-state index in [1.54, 1.807) is 6.08 Å². The van der Waals surface area contributed by atoms with Crippen LogP contribution in [0.1, 0.15) is 65.7 Å². The SMILES string of the molecule is CC[C@H]1CC[C@H]2[C@@H]3C=C(N=[N+]=[N-])C4=CC(=O)CC[C@]4(C)[C@H]3CC[C@]12C. The maximum Gasteiger partial charge on any atom is 0.156 e. The Bertz CT molecular complexity index is 717. The molecule has 0 aromatic heterocycles. The van der Waals surface area contributed by atoms with Gasteiger partial charge in [-0.25, -0.2) is 0 Å². The lowest BCUT2D eigenvalue weighted by Gasteiger charge is -2.56. The van der Waals surface area contributed by atoms with E-state index in [9.17, 15) is 4.79 Å². The molecule has 4 heteroatoms. The van der Waals surface area contributed by atoms with Crippen LogP contribution in [0.15, 0.2) is 28.5 Å². The average molecular weight is 339 g/mol. The Hall–Kier alpha value is -1.54. The van der Waals surface area contributed by atoms with Crippen molar-refractivity contribution in [2.24, 2.45) is 39.6 Å². The number of nitrogens with zero attached hydrogens (tertiary/aromatic N) is 3. The van der Waals surface area contributed by atoms with Gasteiger partial charge in [-0.15, -0.1) is 0 Å². The molecular weight excluding hydrogens is 310 g/mol. The van der Waals surface area contributed by atoms with Crippen LogP contribution < -0.4 is 0 Å². The van der Waals surface area contributed by atoms with Crippen LogP contribution in [0.3, 0.4) is 0 Å². The van der Waals surface area contributed by atoms with Gasteiger partial charge in [0.2, 0.25) is 0 Å². The van der Waals surface area contributed by atoms with E-state index in [-0.39, 0.29) is 11.2 Å². The minimum atomic E-state index is -0.0114. The second-order valence-corrected chi connectivity index (χ2v) is 9.20. The van der Waals surface area contributed by atoms with Gasteiger partial charge in [-0.2, -0.15) is 0 Å². The Morgan fingerprint density at radius 1 is 1.24 bits per heavy atom. The zero-order chi connectivity index (χ0) is 17.8. The topological polar surface area (TPSA) is 65.8 Å². The summed E-state index contributed by atoms with van der Waals surface area (Å²) >= 11 is 0. The Kier molecular flexibility index (Phi) is 3.88. The Morgan fingerprint density at radius 2 is 2.04 bits per heavy atom. The highest BCUT2D eigenvalue weighted by atomic mass is 16.1. The van der Waals surface area contributed by atoms with Gasteiger partial charge in [0, 0.05) is 17.0 Å². The summed E-state index contributed by atoms with van der Waals surface area (Å²) in [5, 5.41) is 4.04. The minimum Gasteiger partial charge on any atom is -0.295 e. The van der Waals surface area contributed by atoms with Gasteiger partial charge < -0.3 is 0 Å². The minimum absolute atomic E-state index is 0.0114. The van der Waals surface area contributed by atoms with E-state index in [1.165, 1.54) is 32.1 Å². The van der Waals surface area contributed by atoms with Crippen molar-refractivity contribution in [3.63, 3.8) is 0 Å². The van der Waals surface area contributed by atoms with Crippen LogP contribution in [-0.4, -0.2) is 5.78 Å². The first-order chi connectivity index (χ1) is 11.9. The van der Waals surface area contributed by atoms with Crippen LogP contribution >= 0.6 is 0 Å². The zero-order valence-electron chi connectivity index (χ0n) is 15.7. The van der Waals surface area contributed by atoms with Gasteiger partial charge in [0.05, 0.1) is 0 Å². The first-order valence-corrected chi connectivity index (χ1v) is 9.96. The van der Waals surface area contributed by atoms with E-state index in [0.717, 1.165) is 23.6 Å². The van der Waals surface area contributed by atoms with Gasteiger partial charge in [0.25, 0.3) is 0 Å². The number of allylic oxidation sites excluding steroid dienone is 3. The van der Waals surface area contributed by atoms with Gasteiger partial charge in [-0.05, 0) is 83.8 Å². The van der Waals surface area contributed by atoms with Crippen molar-refractivity contribution in [1.82, 2.24) is 0 Å². The molecule has 0 spiro atoms. The summed E-state index contributed by atoms with van der Waals surface area (Å²) < 4.78 is 0. The molecule has 25 heavy (non-hydrogen) atoms. The van der Waals surface area contributed by atoms with Gasteiger partial charge in [0.15, 0.2) is 5.78 Å². The number of hydrogen-bond acceptors (Lipinski definition) is 2. The molecule has 6 atom stereocenters. The van der Waals surface area contributed by atoms with Crippen LogP contribution in [0.2, 0.25) is 0 Å². The number of fused-ring (bicyclic) bond motifs is 5. The van der Waals surface area contributed by atoms with Crippen molar-refractivity contribution in [2.75, 3.05) is 0 Å². The maximum atomic E-state index is 12.0. The smallest absolute Gasteiger partial charge is 0.156 e. The molecule has 4 nitrogen and oxygen atoms in total. The standard InChI is InChI=1S/C21H29N3O/c1-4-13-5-6-16-15-12-19(23-24-22)18-11-14(25)7-9-21(18,3)17(15)8-10-20(13,16)2/h11-13,15-17H,4-10H2,1-3H3/t13-,15-,16-,17-,20+,21+/m0/s1. The first-order valence-electron chi connectivity index (χ1n) is 9.96. The third-order valence-electron chi connectivity index (χ3n) is 8.43. The lowest BCUT2D eigenvalue weighted by atomic mass is 9.48. The second-order valence-electron chi connectivity index (χ2n) is 9.20. The molecule has 4 aliphatic rings. The van der Waals surface area contributed by atoms with Crippen LogP contribution in [0.4, 0.5) is 0 Å². The summed E-state index contributed by atoms with van der Waals surface area (Å²) in [7, 11) is 0. The maximum absolute atomic E-state index is 12.0. The van der Waals surface area contributed by atoms with E-state index in [4.69, 9.17) is 5.53 Å². The molecule has 2 fully saturated rings. The average Bonchev–Trinajstić information content (AvgIpc) is 2.93. The lowest BCUT2D eigenvalue weighted by molar-refractivity contribution is -0.116. The summed E-state index contributed by atoms with van der Waals surface area (Å²) in [6, 6.07) is 0. The highest BCUT2D eigenvalue weighted by Gasteiger charge is 2.58. The van der Waals surface area contributed by atoms with Crippen LogP contribution in [-0.2, 0) is 4.79 Å². The summed E-state index contributed by atoms with van der Waals surface area (Å²) in [4.78, 5) is 15.1. The highest BCUT2D eigenvalue weighted by Crippen LogP contribution is 2.66. The lowest BCUT2D eigenvalue weighted by Crippen LogP contribution is -2.49. The summed E-state index contributed by atoms with van der Waals surface area (Å²) in [6.07, 6.45) is 12.0. The molecule has 2 saturated carbocycles. The van der Waals surface area contributed by atoms with Crippen molar-refractivity contribution in [3.8, 4) is 0 Å². The summed E-state index contributed by atoms with van der Waals surface area (Å²) in [5.41, 5.74) is 11.2. The molecule has 0 radical (unpaired) electrons. The van der Waals surface area contributed by atoms with Crippen molar-refractivity contribution in [3.05, 3.63) is 33.9 Å². The molecule has 0 unspecified atom stereocenters. The van der Waals surface area contributed by atoms with Gasteiger partial charge in [-0.3, -0.25) is 4.79 Å². The number of ketones is 1. The monoisotopic (exact) mass is 339 g/mol. The molecule has 0 aliphatic heterocycles. The molecule has 4 aliphatic carbocycles. The molecule has 0 saturated heterocycles. The number of rotatable bonds is 2. The molecule has 134 valence electrons. The highest BCUT2D eigenvalue weighted by molar-refractivity contribution is 5.92. The predicted octanol–water partition coefficient (Wildman–Crippen LogP) is 5.96. The van der Waals surface area contributed by atoms with E-state index >= 15 is 0 Å². The Labute approximate surface area is 150 Å². The quantitative estimate of drug-likeness (QED) is 0.348. The van der Waals surface area contributed by atoms with Crippen LogP contribution in [0, 0.1) is 34.5 Å². The number of carbonyl (C=O) groups excluding carboxylic acids is 1. The van der Waals surface area contributed by atoms with E-state index in [0.29, 0.717) is 29.6 Å². The third-order valence-corrected chi connectivity index (χ3v) is 8.43. The molecule has 0 bridgehead atoms. The summed E-state index contributed by atoms with van der Waals surface area (Å²) in [5.74, 6) is 2.77. The number of azide groups is 1. The Morgan fingerprint density at radius 3 is 2.76 bits per heavy atom. The molecule has 0 aromatic rings. The van der Waals surface area contributed by atoms with Crippen molar-refractivity contribution in [2.45, 2.75) is 65.7 Å². The van der Waals surface area contributed by atoms with E-state index in [1.807, 2.05) is 0 Å². The van der Waals surface area contributed by atoms with Crippen LogP contribution in [0.25, 0.3) is 10.4 Å². The van der Waals surface area contributed by atoms with Gasteiger partial charge in [0.1, 0.15) is 0 Å². The first kappa shape index (κ1) is 16.9. The molecule has 4 rings (SSSR count). The number of hydrogen-bond donors (Lipinski definition) is 0. The van der Waals surface area contributed by atoms with Crippen molar-refractivity contribution in [1.29, 1.82) is 0 Å². The van der Waals surface area contributed by atoms with Crippen molar-refractivity contribution < 1.29 is 4.79 Å². The molecular formula is C21H29N3O. The molecule has 0 N–H and O–H groups in total. The Balaban J connectivity index is 1.83. The fourth-order valence-corrected chi connectivity index (χ4v) is 7.02. The van der Waals surface area contributed by atoms with Crippen LogP contribution in [0.5, 0.6) is 0 Å². The fraction of sp³-hybridized carbons (Fsp3) is 0.762. The fourth-order valence-electron chi connectivity index (χ4n) is 7.02. The normalized spacial score (nSPS) is 45.5. The molecule has 0 amide bonds. The van der Waals surface area contributed by atoms with E-state index < -0.39 is 0 Å². The number of carbonyl (C=O) groups is 1.